The molecule has 0 spiro atoms. The molecule has 2 N–H and O–H groups in total. The second-order valence-electron chi connectivity index (χ2n) is 5.03. The zero-order valence-corrected chi connectivity index (χ0v) is 14.9. The number of thioether (sulfide) groups is 1. The lowest BCUT2D eigenvalue weighted by molar-refractivity contribution is -0.115. The van der Waals surface area contributed by atoms with Gasteiger partial charge in [-0.05, 0) is 42.7 Å². The van der Waals surface area contributed by atoms with Crippen molar-refractivity contribution in [3.05, 3.63) is 59.5 Å². The number of nitrogens with zero attached hydrogens (tertiary/aromatic N) is 1. The molecule has 8 heteroatoms. The average Bonchev–Trinajstić information content (AvgIpc) is 3.27. The second kappa shape index (κ2) is 8.00. The van der Waals surface area contributed by atoms with E-state index in [1.807, 2.05) is 30.5 Å². The van der Waals surface area contributed by atoms with Crippen molar-refractivity contribution in [2.45, 2.75) is 11.3 Å². The summed E-state index contributed by atoms with van der Waals surface area (Å²) in [6.07, 6.45) is 3.56. The number of rotatable bonds is 6. The van der Waals surface area contributed by atoms with E-state index in [-0.39, 0.29) is 24.0 Å². The van der Waals surface area contributed by atoms with Gasteiger partial charge in [-0.25, -0.2) is 4.98 Å². The van der Waals surface area contributed by atoms with E-state index in [2.05, 4.69) is 15.6 Å². The first-order valence-corrected chi connectivity index (χ1v) is 9.47. The molecule has 0 atom stereocenters. The summed E-state index contributed by atoms with van der Waals surface area (Å²) in [4.78, 5) is 29.4. The highest BCUT2D eigenvalue weighted by atomic mass is 32.2. The molecule has 2 aromatic heterocycles. The lowest BCUT2D eigenvalue weighted by atomic mass is 10.3. The van der Waals surface area contributed by atoms with Crippen LogP contribution in [0, 0.1) is 0 Å². The third kappa shape index (κ3) is 4.71. The topological polar surface area (TPSA) is 84.2 Å². The summed E-state index contributed by atoms with van der Waals surface area (Å²) in [6.45, 7) is 0. The number of nitrogens with one attached hydrogen (secondary N) is 2. The first kappa shape index (κ1) is 17.2. The van der Waals surface area contributed by atoms with E-state index in [0.29, 0.717) is 10.8 Å². The Kier molecular flexibility index (Phi) is 5.52. The Balaban J connectivity index is 1.55. The second-order valence-corrected chi connectivity index (χ2v) is 6.77. The lowest BCUT2D eigenvalue weighted by Gasteiger charge is -2.04. The average molecular weight is 373 g/mol. The van der Waals surface area contributed by atoms with E-state index in [0.717, 1.165) is 10.6 Å². The summed E-state index contributed by atoms with van der Waals surface area (Å²) in [6, 6.07) is 10.8. The van der Waals surface area contributed by atoms with E-state index in [1.165, 1.54) is 17.6 Å². The molecule has 1 aromatic carbocycles. The Morgan fingerprint density at radius 3 is 2.68 bits per heavy atom. The van der Waals surface area contributed by atoms with Crippen LogP contribution in [0.2, 0.25) is 0 Å². The molecule has 2 heterocycles. The number of hydrogen-bond acceptors (Lipinski definition) is 6. The maximum atomic E-state index is 12.1. The van der Waals surface area contributed by atoms with Crippen molar-refractivity contribution in [2.75, 3.05) is 16.9 Å². The molecule has 0 fully saturated rings. The van der Waals surface area contributed by atoms with Crippen LogP contribution in [-0.2, 0) is 11.2 Å². The van der Waals surface area contributed by atoms with E-state index < -0.39 is 0 Å². The first-order chi connectivity index (χ1) is 12.1. The number of hydrogen-bond donors (Lipinski definition) is 2. The fourth-order valence-corrected chi connectivity index (χ4v) is 3.17. The maximum Gasteiger partial charge on any atom is 0.293 e. The van der Waals surface area contributed by atoms with Crippen molar-refractivity contribution in [2.24, 2.45) is 0 Å². The van der Waals surface area contributed by atoms with Crippen LogP contribution in [-0.4, -0.2) is 23.1 Å². The van der Waals surface area contributed by atoms with E-state index in [1.54, 1.807) is 29.3 Å². The summed E-state index contributed by atoms with van der Waals surface area (Å²) in [7, 11) is 0. The molecule has 0 radical (unpaired) electrons. The zero-order valence-electron chi connectivity index (χ0n) is 13.3. The predicted molar refractivity (Wildman–Crippen MR) is 99.3 cm³/mol. The number of carbonyl (C=O) groups is 2. The number of furan rings is 1. The number of amides is 2. The van der Waals surface area contributed by atoms with E-state index >= 15 is 0 Å². The Hall–Kier alpha value is -2.58. The molecule has 3 aromatic rings. The van der Waals surface area contributed by atoms with Crippen molar-refractivity contribution in [1.82, 2.24) is 4.98 Å². The molecule has 6 nitrogen and oxygen atoms in total. The van der Waals surface area contributed by atoms with Gasteiger partial charge in [0.2, 0.25) is 5.91 Å². The van der Waals surface area contributed by atoms with Gasteiger partial charge >= 0.3 is 0 Å². The SMILES string of the molecule is CSc1ccc(NC(=O)Cc2csc(NC(=O)c3ccco3)n2)cc1. The molecule has 0 saturated heterocycles. The predicted octanol–water partition coefficient (Wildman–Crippen LogP) is 3.89. The monoisotopic (exact) mass is 373 g/mol. The van der Waals surface area contributed by atoms with Gasteiger partial charge in [-0.15, -0.1) is 23.1 Å². The first-order valence-electron chi connectivity index (χ1n) is 7.37. The van der Waals surface area contributed by atoms with Crippen molar-refractivity contribution < 1.29 is 14.0 Å². The minimum Gasteiger partial charge on any atom is -0.459 e. The molecule has 25 heavy (non-hydrogen) atoms. The minimum absolute atomic E-state index is 0.136. The lowest BCUT2D eigenvalue weighted by Crippen LogP contribution is -2.15. The van der Waals surface area contributed by atoms with Crippen molar-refractivity contribution >= 4 is 45.7 Å². The summed E-state index contributed by atoms with van der Waals surface area (Å²) in [5.41, 5.74) is 1.34. The van der Waals surface area contributed by atoms with Crippen molar-refractivity contribution in [1.29, 1.82) is 0 Å². The van der Waals surface area contributed by atoms with Crippen LogP contribution in [0.25, 0.3) is 0 Å². The van der Waals surface area contributed by atoms with Crippen molar-refractivity contribution in [3.8, 4) is 0 Å². The Morgan fingerprint density at radius 2 is 2.00 bits per heavy atom. The molecule has 0 aliphatic carbocycles. The number of anilines is 2. The van der Waals surface area contributed by atoms with Gasteiger partial charge in [0, 0.05) is 16.0 Å². The number of thiazole rings is 1. The third-order valence-corrected chi connectivity index (χ3v) is 4.78. The molecule has 0 saturated carbocycles. The summed E-state index contributed by atoms with van der Waals surface area (Å²) < 4.78 is 5.02. The van der Waals surface area contributed by atoms with Gasteiger partial charge in [0.05, 0.1) is 18.4 Å². The van der Waals surface area contributed by atoms with Crippen LogP contribution in [0.3, 0.4) is 0 Å². The quantitative estimate of drug-likeness (QED) is 0.640. The van der Waals surface area contributed by atoms with Gasteiger partial charge in [-0.3, -0.25) is 14.9 Å². The molecule has 2 amide bonds. The Bertz CT molecular complexity index is 858. The summed E-state index contributed by atoms with van der Waals surface area (Å²) in [5.74, 6) is -0.321. The van der Waals surface area contributed by atoms with Crippen LogP contribution in [0.1, 0.15) is 16.2 Å². The molecule has 3 rings (SSSR count). The van der Waals surface area contributed by atoms with Gasteiger partial charge in [-0.1, -0.05) is 0 Å². The van der Waals surface area contributed by atoms with Gasteiger partial charge in [0.1, 0.15) is 0 Å². The van der Waals surface area contributed by atoms with Crippen LogP contribution in [0.15, 0.2) is 57.4 Å². The Morgan fingerprint density at radius 1 is 1.20 bits per heavy atom. The summed E-state index contributed by atoms with van der Waals surface area (Å²) >= 11 is 2.90. The zero-order chi connectivity index (χ0) is 17.6. The molecule has 0 aliphatic heterocycles. The highest BCUT2D eigenvalue weighted by Crippen LogP contribution is 2.19. The van der Waals surface area contributed by atoms with Crippen LogP contribution in [0.5, 0.6) is 0 Å². The van der Waals surface area contributed by atoms with Gasteiger partial charge in [0.25, 0.3) is 5.91 Å². The molecular formula is C17H15N3O3S2. The largest absolute Gasteiger partial charge is 0.459 e. The number of carbonyl (C=O) groups excluding carboxylic acids is 2. The smallest absolute Gasteiger partial charge is 0.293 e. The van der Waals surface area contributed by atoms with Crippen molar-refractivity contribution in [3.63, 3.8) is 0 Å². The minimum atomic E-state index is -0.371. The fraction of sp³-hybridized carbons (Fsp3) is 0.118. The molecule has 128 valence electrons. The normalized spacial score (nSPS) is 10.4. The fourth-order valence-electron chi connectivity index (χ4n) is 2.06. The maximum absolute atomic E-state index is 12.1. The van der Waals surface area contributed by atoms with Crippen LogP contribution >= 0.6 is 23.1 Å². The highest BCUT2D eigenvalue weighted by Gasteiger charge is 2.13. The van der Waals surface area contributed by atoms with Crippen LogP contribution < -0.4 is 10.6 Å². The standard InChI is InChI=1S/C17H15N3O3S2/c1-24-13-6-4-11(5-7-13)18-15(21)9-12-10-25-17(19-12)20-16(22)14-3-2-8-23-14/h2-8,10H,9H2,1H3,(H,18,21)(H,19,20,22). The van der Waals surface area contributed by atoms with Crippen LogP contribution in [0.4, 0.5) is 10.8 Å². The van der Waals surface area contributed by atoms with Gasteiger partial charge in [-0.2, -0.15) is 0 Å². The van der Waals surface area contributed by atoms with Gasteiger partial charge < -0.3 is 9.73 Å². The molecule has 0 unspecified atom stereocenters. The molecular weight excluding hydrogens is 358 g/mol. The number of benzene rings is 1. The van der Waals surface area contributed by atoms with E-state index in [4.69, 9.17) is 4.42 Å². The molecule has 0 bridgehead atoms. The third-order valence-electron chi connectivity index (χ3n) is 3.23. The highest BCUT2D eigenvalue weighted by molar-refractivity contribution is 7.98. The van der Waals surface area contributed by atoms with Gasteiger partial charge in [0.15, 0.2) is 10.9 Å². The Labute approximate surface area is 152 Å². The summed E-state index contributed by atoms with van der Waals surface area (Å²) in [5, 5.41) is 7.64. The van der Waals surface area contributed by atoms with E-state index in [9.17, 15) is 9.59 Å². The number of aromatic nitrogens is 1. The molecule has 0 aliphatic rings.